The molecule has 0 radical (unpaired) electrons. The van der Waals surface area contributed by atoms with Crippen LogP contribution in [-0.2, 0) is 0 Å². The highest BCUT2D eigenvalue weighted by Crippen LogP contribution is 2.35. The number of nitrogen functional groups attached to an aromatic ring is 1. The number of thiophene rings is 1. The smallest absolute Gasteiger partial charge is 0.320 e. The second-order valence-electron chi connectivity index (χ2n) is 6.57. The summed E-state index contributed by atoms with van der Waals surface area (Å²) in [6.45, 7) is 0. The molecule has 3 heterocycles. The van der Waals surface area contributed by atoms with E-state index in [1.807, 2.05) is 36.4 Å². The van der Waals surface area contributed by atoms with Crippen molar-refractivity contribution in [2.45, 2.75) is 18.9 Å². The molecule has 28 heavy (non-hydrogen) atoms. The molecule has 4 aromatic rings. The van der Waals surface area contributed by atoms with Gasteiger partial charge >= 0.3 is 5.88 Å². The predicted molar refractivity (Wildman–Crippen MR) is 106 cm³/mol. The van der Waals surface area contributed by atoms with Crippen LogP contribution in [0.1, 0.15) is 23.8 Å². The summed E-state index contributed by atoms with van der Waals surface area (Å²) in [4.78, 5) is 9.66. The molecule has 1 aromatic carbocycles. The number of rotatable bonds is 4. The van der Waals surface area contributed by atoms with Gasteiger partial charge in [0.2, 0.25) is 5.27 Å². The van der Waals surface area contributed by atoms with Crippen molar-refractivity contribution >= 4 is 50.6 Å². The van der Waals surface area contributed by atoms with E-state index in [0.29, 0.717) is 26.5 Å². The lowest BCUT2D eigenvalue weighted by atomic mass is 10.1. The number of benzene rings is 1. The maximum absolute atomic E-state index is 12.6. The van der Waals surface area contributed by atoms with E-state index in [1.165, 1.54) is 11.3 Å². The molecule has 140 valence electrons. The molecule has 0 bridgehead atoms. The zero-order valence-corrected chi connectivity index (χ0v) is 16.1. The molecule has 1 aliphatic carbocycles. The van der Waals surface area contributed by atoms with Crippen molar-refractivity contribution < 1.29 is 14.3 Å². The average Bonchev–Trinajstić information content (AvgIpc) is 3.36. The van der Waals surface area contributed by atoms with Gasteiger partial charge in [-0.3, -0.25) is 4.52 Å². The lowest BCUT2D eigenvalue weighted by Gasteiger charge is -2.06. The summed E-state index contributed by atoms with van der Waals surface area (Å²) >= 11 is 7.16. The molecule has 0 spiro atoms. The van der Waals surface area contributed by atoms with Crippen LogP contribution in [0.2, 0.25) is 5.02 Å². The predicted octanol–water partition coefficient (Wildman–Crippen LogP) is 3.25. The first-order chi connectivity index (χ1) is 13.6. The lowest BCUT2D eigenvalue weighted by molar-refractivity contribution is -0.765. The van der Waals surface area contributed by atoms with Gasteiger partial charge in [-0.15, -0.1) is 11.3 Å². The molecule has 3 aromatic heterocycles. The van der Waals surface area contributed by atoms with Gasteiger partial charge in [-0.05, 0) is 28.9 Å². The first kappa shape index (κ1) is 17.2. The van der Waals surface area contributed by atoms with E-state index in [4.69, 9.17) is 21.9 Å². The Balaban J connectivity index is 1.51. The molecule has 0 atom stereocenters. The summed E-state index contributed by atoms with van der Waals surface area (Å²) < 4.78 is 6.82. The number of hydrogen-bond acceptors (Lipinski definition) is 7. The van der Waals surface area contributed by atoms with Gasteiger partial charge in [0.1, 0.15) is 4.83 Å². The number of halogens is 1. The van der Waals surface area contributed by atoms with Gasteiger partial charge in [-0.2, -0.15) is 0 Å². The minimum Gasteiger partial charge on any atom is -0.857 e. The van der Waals surface area contributed by atoms with E-state index in [9.17, 15) is 5.11 Å². The largest absolute Gasteiger partial charge is 0.857 e. The fraction of sp³-hybridized carbons (Fsp3) is 0.158. The highest BCUT2D eigenvalue weighted by Gasteiger charge is 2.35. The molecule has 0 amide bonds. The number of pyridine rings is 1. The minimum absolute atomic E-state index is 0.170. The van der Waals surface area contributed by atoms with Crippen LogP contribution in [0.3, 0.4) is 0 Å². The van der Waals surface area contributed by atoms with Crippen molar-refractivity contribution in [1.82, 2.24) is 10.3 Å². The van der Waals surface area contributed by atoms with E-state index in [-0.39, 0.29) is 5.88 Å². The van der Waals surface area contributed by atoms with Crippen LogP contribution in [-0.4, -0.2) is 16.2 Å². The van der Waals surface area contributed by atoms with Crippen molar-refractivity contribution in [2.24, 2.45) is 4.99 Å². The second kappa shape index (κ2) is 6.57. The van der Waals surface area contributed by atoms with Gasteiger partial charge in [0.25, 0.3) is 6.20 Å². The van der Waals surface area contributed by atoms with E-state index >= 15 is 0 Å². The Morgan fingerprint density at radius 3 is 2.79 bits per heavy atom. The Hall–Kier alpha value is -2.97. The molecule has 0 saturated heterocycles. The highest BCUT2D eigenvalue weighted by molar-refractivity contribution is 7.21. The van der Waals surface area contributed by atoms with Crippen LogP contribution >= 0.6 is 22.9 Å². The zero-order chi connectivity index (χ0) is 19.3. The number of nitrogens with two attached hydrogens (primary N) is 1. The molecule has 1 fully saturated rings. The first-order valence-electron chi connectivity index (χ1n) is 8.67. The number of hydrogen-bond donors (Lipinski definition) is 1. The van der Waals surface area contributed by atoms with Crippen LogP contribution < -0.4 is 15.5 Å². The monoisotopic (exact) mass is 411 g/mol. The average molecular weight is 412 g/mol. The standard InChI is InChI=1S/C19H14ClN5O2S/c20-11-3-1-10(2-4-11)14-8-7-13-16(21)17(28-19(13)22-14)18(26)23-15-9-25(24-27-15)12-5-6-12/h1-4,7-9,12H,5-6H2,(H2-,21,23,24,26). The zero-order valence-electron chi connectivity index (χ0n) is 14.5. The van der Waals surface area contributed by atoms with Crippen LogP contribution in [0.15, 0.2) is 52.1 Å². The van der Waals surface area contributed by atoms with Crippen LogP contribution in [0.4, 0.5) is 11.6 Å². The molecular formula is C19H14ClN5O2S. The molecule has 1 saturated carbocycles. The number of nitrogens with zero attached hydrogens (tertiary/aromatic N) is 4. The Morgan fingerprint density at radius 2 is 2.04 bits per heavy atom. The summed E-state index contributed by atoms with van der Waals surface area (Å²) in [5, 5.41) is 17.9. The van der Waals surface area contributed by atoms with Gasteiger partial charge < -0.3 is 10.8 Å². The van der Waals surface area contributed by atoms with Crippen LogP contribution in [0, 0.1) is 0 Å². The molecule has 2 N–H and O–H groups in total. The Bertz CT molecular complexity index is 1210. The number of fused-ring (bicyclic) bond motifs is 1. The molecule has 0 unspecified atom stereocenters. The van der Waals surface area contributed by atoms with Gasteiger partial charge in [-0.25, -0.2) is 9.98 Å². The molecule has 1 aliphatic rings. The second-order valence-corrected chi connectivity index (χ2v) is 8.00. The number of aliphatic imine (C=N–C) groups is 1. The van der Waals surface area contributed by atoms with E-state index < -0.39 is 5.90 Å². The molecule has 5 rings (SSSR count). The molecule has 7 nitrogen and oxygen atoms in total. The fourth-order valence-corrected chi connectivity index (χ4v) is 4.00. The lowest BCUT2D eigenvalue weighted by Crippen LogP contribution is -2.32. The molecular weight excluding hydrogens is 398 g/mol. The maximum Gasteiger partial charge on any atom is 0.320 e. The Kier molecular flexibility index (Phi) is 4.03. The molecule has 9 heteroatoms. The quantitative estimate of drug-likeness (QED) is 0.315. The van der Waals surface area contributed by atoms with E-state index in [2.05, 4.69) is 15.2 Å². The minimum atomic E-state index is -0.465. The normalized spacial score (nSPS) is 14.7. The number of aromatic nitrogens is 3. The van der Waals surface area contributed by atoms with E-state index in [0.717, 1.165) is 29.5 Å². The topological polar surface area (TPSA) is 104 Å². The fourth-order valence-electron chi connectivity index (χ4n) is 2.90. The summed E-state index contributed by atoms with van der Waals surface area (Å²) in [6, 6.07) is 11.5. The SMILES string of the molecule is Nc1c(/C([O-])=N/c2c[n+](C3CC3)no2)sc2nc(-c3ccc(Cl)cc3)ccc12. The highest BCUT2D eigenvalue weighted by atomic mass is 35.5. The van der Waals surface area contributed by atoms with Crippen molar-refractivity contribution in [1.29, 1.82) is 0 Å². The third-order valence-electron chi connectivity index (χ3n) is 4.53. The maximum atomic E-state index is 12.6. The molecule has 0 aliphatic heterocycles. The van der Waals surface area contributed by atoms with Crippen molar-refractivity contribution in [2.75, 3.05) is 5.73 Å². The Labute approximate surface area is 168 Å². The van der Waals surface area contributed by atoms with Crippen LogP contribution in [0.5, 0.6) is 0 Å². The van der Waals surface area contributed by atoms with Gasteiger partial charge in [0.15, 0.2) is 6.04 Å². The Morgan fingerprint density at radius 1 is 1.25 bits per heavy atom. The van der Waals surface area contributed by atoms with Crippen molar-refractivity contribution in [3.63, 3.8) is 0 Å². The van der Waals surface area contributed by atoms with Crippen molar-refractivity contribution in [3.05, 3.63) is 52.5 Å². The summed E-state index contributed by atoms with van der Waals surface area (Å²) in [5.74, 6) is -0.295. The van der Waals surface area contributed by atoms with Gasteiger partial charge in [0.05, 0.1) is 16.3 Å². The van der Waals surface area contributed by atoms with Crippen LogP contribution in [0.25, 0.3) is 21.5 Å². The summed E-state index contributed by atoms with van der Waals surface area (Å²) in [5.41, 5.74) is 8.27. The first-order valence-corrected chi connectivity index (χ1v) is 9.87. The summed E-state index contributed by atoms with van der Waals surface area (Å²) in [6.07, 6.45) is 3.76. The summed E-state index contributed by atoms with van der Waals surface area (Å²) in [7, 11) is 0. The van der Waals surface area contributed by atoms with Gasteiger partial charge in [-0.1, -0.05) is 23.7 Å². The number of anilines is 1. The third kappa shape index (κ3) is 3.10. The van der Waals surface area contributed by atoms with Gasteiger partial charge in [0, 0.05) is 34.7 Å². The third-order valence-corrected chi connectivity index (χ3v) is 5.89. The van der Waals surface area contributed by atoms with Crippen molar-refractivity contribution in [3.8, 4) is 11.3 Å². The van der Waals surface area contributed by atoms with E-state index in [1.54, 1.807) is 10.9 Å².